The number of carboxylic acids is 1. The Morgan fingerprint density at radius 1 is 1.42 bits per heavy atom. The predicted octanol–water partition coefficient (Wildman–Crippen LogP) is 2.47. The average molecular weight is 352 g/mol. The number of hydrogen-bond acceptors (Lipinski definition) is 5. The van der Waals surface area contributed by atoms with Crippen molar-refractivity contribution in [3.05, 3.63) is 11.1 Å². The molecule has 2 aliphatic carbocycles. The number of anilines is 1. The summed E-state index contributed by atoms with van der Waals surface area (Å²) in [6.07, 6.45) is 5.25. The number of carboxylic acid groups (broad SMARTS) is 1. The number of rotatable bonds is 7. The first-order chi connectivity index (χ1) is 11.5. The summed E-state index contributed by atoms with van der Waals surface area (Å²) in [6, 6.07) is 0.111. The highest BCUT2D eigenvalue weighted by Gasteiger charge is 2.34. The molecule has 24 heavy (non-hydrogen) atoms. The quantitative estimate of drug-likeness (QED) is 0.701. The van der Waals surface area contributed by atoms with Gasteiger partial charge >= 0.3 is 12.0 Å². The van der Waals surface area contributed by atoms with Crippen LogP contribution in [0.15, 0.2) is 5.38 Å². The van der Waals surface area contributed by atoms with Crippen molar-refractivity contribution < 1.29 is 14.7 Å². The van der Waals surface area contributed by atoms with Gasteiger partial charge in [-0.25, -0.2) is 9.78 Å². The Morgan fingerprint density at radius 3 is 2.75 bits per heavy atom. The SMILES string of the molecule is CCN(CC(=O)O)C1CC(NC(=O)Nc2nc(C3CCC3)cs2)C1. The van der Waals surface area contributed by atoms with Crippen LogP contribution in [0.3, 0.4) is 0 Å². The summed E-state index contributed by atoms with van der Waals surface area (Å²) >= 11 is 1.47. The molecule has 7 nitrogen and oxygen atoms in total. The molecule has 0 saturated heterocycles. The molecule has 0 unspecified atom stereocenters. The summed E-state index contributed by atoms with van der Waals surface area (Å²) in [4.78, 5) is 29.3. The molecule has 2 amide bonds. The highest BCUT2D eigenvalue weighted by Crippen LogP contribution is 2.37. The van der Waals surface area contributed by atoms with Crippen LogP contribution in [0.4, 0.5) is 9.93 Å². The first-order valence-electron chi connectivity index (χ1n) is 8.54. The van der Waals surface area contributed by atoms with Gasteiger partial charge in [-0.15, -0.1) is 11.3 Å². The summed E-state index contributed by atoms with van der Waals surface area (Å²) in [5.41, 5.74) is 1.09. The van der Waals surface area contributed by atoms with Crippen molar-refractivity contribution in [2.75, 3.05) is 18.4 Å². The zero-order chi connectivity index (χ0) is 17.1. The number of aliphatic carboxylic acids is 1. The Kier molecular flexibility index (Phi) is 5.35. The molecular weight excluding hydrogens is 328 g/mol. The van der Waals surface area contributed by atoms with Gasteiger partial charge in [0.25, 0.3) is 0 Å². The minimum absolute atomic E-state index is 0.0587. The minimum atomic E-state index is -0.808. The molecule has 132 valence electrons. The number of nitrogens with zero attached hydrogens (tertiary/aromatic N) is 2. The third-order valence-corrected chi connectivity index (χ3v) is 5.75. The summed E-state index contributed by atoms with van der Waals surface area (Å²) in [5.74, 6) is -0.237. The third kappa shape index (κ3) is 4.05. The second kappa shape index (κ2) is 7.48. The lowest BCUT2D eigenvalue weighted by atomic mass is 9.83. The summed E-state index contributed by atoms with van der Waals surface area (Å²) in [7, 11) is 0. The van der Waals surface area contributed by atoms with Crippen LogP contribution in [0.5, 0.6) is 0 Å². The van der Waals surface area contributed by atoms with Gasteiger partial charge in [0, 0.05) is 23.4 Å². The van der Waals surface area contributed by atoms with E-state index < -0.39 is 5.97 Å². The molecule has 1 heterocycles. The monoisotopic (exact) mass is 352 g/mol. The molecule has 0 aromatic carbocycles. The fourth-order valence-corrected chi connectivity index (χ4v) is 4.02. The Hall–Kier alpha value is -1.67. The number of nitrogens with one attached hydrogen (secondary N) is 2. The molecule has 0 atom stereocenters. The van der Waals surface area contributed by atoms with Crippen LogP contribution in [0.2, 0.25) is 0 Å². The molecule has 1 aromatic heterocycles. The zero-order valence-electron chi connectivity index (χ0n) is 13.8. The molecule has 0 spiro atoms. The zero-order valence-corrected chi connectivity index (χ0v) is 14.6. The van der Waals surface area contributed by atoms with E-state index in [1.54, 1.807) is 0 Å². The number of aromatic nitrogens is 1. The van der Waals surface area contributed by atoms with E-state index in [-0.39, 0.29) is 24.7 Å². The first-order valence-corrected chi connectivity index (χ1v) is 9.42. The number of carbonyl (C=O) groups is 2. The van der Waals surface area contributed by atoms with Crippen molar-refractivity contribution in [2.24, 2.45) is 0 Å². The fourth-order valence-electron chi connectivity index (χ4n) is 3.23. The van der Waals surface area contributed by atoms with Crippen LogP contribution in [-0.4, -0.2) is 52.2 Å². The van der Waals surface area contributed by atoms with Crippen molar-refractivity contribution in [3.8, 4) is 0 Å². The van der Waals surface area contributed by atoms with Crippen molar-refractivity contribution in [1.29, 1.82) is 0 Å². The lowest BCUT2D eigenvalue weighted by molar-refractivity contribution is -0.139. The van der Waals surface area contributed by atoms with E-state index in [1.807, 2.05) is 17.2 Å². The van der Waals surface area contributed by atoms with Gasteiger partial charge in [0.15, 0.2) is 5.13 Å². The Balaban J connectivity index is 1.40. The normalized spacial score (nSPS) is 23.4. The summed E-state index contributed by atoms with van der Waals surface area (Å²) < 4.78 is 0. The average Bonchev–Trinajstić information content (AvgIpc) is 2.86. The molecule has 2 saturated carbocycles. The van der Waals surface area contributed by atoms with Gasteiger partial charge in [0.1, 0.15) is 0 Å². The Bertz CT molecular complexity index is 596. The predicted molar refractivity (Wildman–Crippen MR) is 92.6 cm³/mol. The minimum Gasteiger partial charge on any atom is -0.480 e. The highest BCUT2D eigenvalue weighted by molar-refractivity contribution is 7.13. The van der Waals surface area contributed by atoms with Crippen LogP contribution in [0.1, 0.15) is 50.6 Å². The maximum atomic E-state index is 12.0. The van der Waals surface area contributed by atoms with E-state index in [0.29, 0.717) is 17.6 Å². The standard InChI is InChI=1S/C16H24N4O3S/c1-2-20(8-14(21)22)12-6-11(7-12)17-15(23)19-16-18-13(9-24-16)10-4-3-5-10/h9-12H,2-8H2,1H3,(H,21,22)(H2,17,18,19,23). The summed E-state index contributed by atoms with van der Waals surface area (Å²) in [5, 5.41) is 17.3. The molecule has 2 aliphatic rings. The molecule has 0 radical (unpaired) electrons. The smallest absolute Gasteiger partial charge is 0.321 e. The molecule has 0 aliphatic heterocycles. The topological polar surface area (TPSA) is 94.6 Å². The van der Waals surface area contributed by atoms with Gasteiger partial charge in [-0.2, -0.15) is 0 Å². The summed E-state index contributed by atoms with van der Waals surface area (Å²) in [6.45, 7) is 2.72. The maximum Gasteiger partial charge on any atom is 0.321 e. The van der Waals surface area contributed by atoms with E-state index >= 15 is 0 Å². The van der Waals surface area contributed by atoms with E-state index in [1.165, 1.54) is 30.6 Å². The van der Waals surface area contributed by atoms with E-state index in [0.717, 1.165) is 18.5 Å². The second-order valence-electron chi connectivity index (χ2n) is 6.58. The number of hydrogen-bond donors (Lipinski definition) is 3. The van der Waals surface area contributed by atoms with Crippen LogP contribution in [-0.2, 0) is 4.79 Å². The number of likely N-dealkylation sites (N-methyl/N-ethyl adjacent to an activating group) is 1. The highest BCUT2D eigenvalue weighted by atomic mass is 32.1. The lowest BCUT2D eigenvalue weighted by Crippen LogP contribution is -2.55. The largest absolute Gasteiger partial charge is 0.480 e. The maximum absolute atomic E-state index is 12.0. The van der Waals surface area contributed by atoms with E-state index in [2.05, 4.69) is 15.6 Å². The van der Waals surface area contributed by atoms with E-state index in [4.69, 9.17) is 5.11 Å². The fraction of sp³-hybridized carbons (Fsp3) is 0.688. The van der Waals surface area contributed by atoms with Crippen LogP contribution in [0.25, 0.3) is 0 Å². The Morgan fingerprint density at radius 2 is 2.17 bits per heavy atom. The van der Waals surface area contributed by atoms with Crippen molar-refractivity contribution in [1.82, 2.24) is 15.2 Å². The van der Waals surface area contributed by atoms with Crippen LogP contribution < -0.4 is 10.6 Å². The molecule has 2 fully saturated rings. The lowest BCUT2D eigenvalue weighted by Gasteiger charge is -2.42. The molecule has 8 heteroatoms. The third-order valence-electron chi connectivity index (χ3n) is 4.98. The van der Waals surface area contributed by atoms with Gasteiger partial charge in [-0.1, -0.05) is 13.3 Å². The molecular formula is C16H24N4O3S. The van der Waals surface area contributed by atoms with Crippen LogP contribution in [0, 0.1) is 0 Å². The first kappa shape index (κ1) is 17.2. The van der Waals surface area contributed by atoms with E-state index in [9.17, 15) is 9.59 Å². The van der Waals surface area contributed by atoms with Crippen LogP contribution >= 0.6 is 11.3 Å². The van der Waals surface area contributed by atoms with Gasteiger partial charge in [0.2, 0.25) is 0 Å². The van der Waals surface area contributed by atoms with Gasteiger partial charge < -0.3 is 10.4 Å². The van der Waals surface area contributed by atoms with Gasteiger partial charge in [0.05, 0.1) is 12.2 Å². The van der Waals surface area contributed by atoms with Gasteiger partial charge in [-0.3, -0.25) is 15.0 Å². The number of thiazole rings is 1. The Labute approximate surface area is 145 Å². The number of amides is 2. The van der Waals surface area contributed by atoms with Crippen molar-refractivity contribution in [2.45, 2.75) is 57.0 Å². The van der Waals surface area contributed by atoms with Gasteiger partial charge in [-0.05, 0) is 32.2 Å². The molecule has 1 aromatic rings. The van der Waals surface area contributed by atoms with Crippen molar-refractivity contribution >= 4 is 28.5 Å². The van der Waals surface area contributed by atoms with Crippen molar-refractivity contribution in [3.63, 3.8) is 0 Å². The molecule has 0 bridgehead atoms. The molecule has 3 N–H and O–H groups in total. The number of urea groups is 1. The second-order valence-corrected chi connectivity index (χ2v) is 7.44. The number of carbonyl (C=O) groups excluding carboxylic acids is 1. The molecule has 3 rings (SSSR count).